The van der Waals surface area contributed by atoms with E-state index in [9.17, 15) is 4.39 Å². The number of imidazole rings is 1. The fourth-order valence-corrected chi connectivity index (χ4v) is 5.53. The zero-order chi connectivity index (χ0) is 23.1. The number of aromatic nitrogens is 4. The molecule has 2 N–H and O–H groups in total. The summed E-state index contributed by atoms with van der Waals surface area (Å²) in [5, 5.41) is 7.05. The van der Waals surface area contributed by atoms with Crippen molar-refractivity contribution >= 4 is 22.9 Å². The number of halogens is 1. The van der Waals surface area contributed by atoms with Gasteiger partial charge in [0, 0.05) is 55.4 Å². The molecular weight excluding hydrogens is 433 g/mol. The van der Waals surface area contributed by atoms with Crippen LogP contribution in [-0.4, -0.2) is 69.2 Å². The average Bonchev–Trinajstić information content (AvgIpc) is 3.26. The minimum Gasteiger partial charge on any atom is -0.379 e. The van der Waals surface area contributed by atoms with Gasteiger partial charge in [0.1, 0.15) is 18.0 Å². The van der Waals surface area contributed by atoms with E-state index in [4.69, 9.17) is 4.74 Å². The van der Waals surface area contributed by atoms with Crippen LogP contribution in [0.2, 0.25) is 0 Å². The van der Waals surface area contributed by atoms with Crippen molar-refractivity contribution in [3.05, 3.63) is 53.5 Å². The van der Waals surface area contributed by atoms with Crippen LogP contribution in [0.15, 0.2) is 30.9 Å². The molecule has 2 aliphatic heterocycles. The Bertz CT molecular complexity index is 1230. The molecular formula is C25H30FN7O. The van der Waals surface area contributed by atoms with E-state index in [2.05, 4.69) is 36.6 Å². The predicted molar refractivity (Wildman–Crippen MR) is 130 cm³/mol. The molecule has 0 radical (unpaired) electrons. The molecule has 0 atom stereocenters. The number of nitrogens with one attached hydrogen (secondary N) is 2. The lowest BCUT2D eigenvalue weighted by Gasteiger charge is -2.39. The van der Waals surface area contributed by atoms with Gasteiger partial charge >= 0.3 is 0 Å². The number of morpholine rings is 1. The second-order valence-corrected chi connectivity index (χ2v) is 9.41. The molecule has 0 bridgehead atoms. The summed E-state index contributed by atoms with van der Waals surface area (Å²) in [5.41, 5.74) is 3.87. The predicted octanol–water partition coefficient (Wildman–Crippen LogP) is 3.48. The van der Waals surface area contributed by atoms with Crippen molar-refractivity contribution in [3.8, 4) is 0 Å². The minimum atomic E-state index is -0.334. The van der Waals surface area contributed by atoms with Crippen molar-refractivity contribution in [3.63, 3.8) is 0 Å². The molecule has 6 rings (SSSR count). The van der Waals surface area contributed by atoms with Crippen LogP contribution in [-0.2, 0) is 4.74 Å². The molecule has 1 saturated heterocycles. The number of hydrogen-bond acceptors (Lipinski definition) is 7. The molecule has 3 aromatic heterocycles. The van der Waals surface area contributed by atoms with Gasteiger partial charge in [-0.05, 0) is 44.2 Å². The standard InChI is InChI=1S/C25H30FN7O/c1-16-13-28-25-21(26)12-17(14-33(16)25)20-6-7-27-23-22(20)24(30-15-29-23)31-18-2-4-19(5-3-18)32-8-10-34-11-9-32/h6,12-15,18-19H,2-5,7-11H2,1H3,(H2,27,29,30,31). The summed E-state index contributed by atoms with van der Waals surface area (Å²) in [6.45, 7) is 6.33. The van der Waals surface area contributed by atoms with Crippen LogP contribution in [0.25, 0.3) is 11.2 Å². The summed E-state index contributed by atoms with van der Waals surface area (Å²) in [5.74, 6) is 1.25. The molecule has 2 fully saturated rings. The molecule has 3 aliphatic rings. The molecule has 0 aromatic carbocycles. The Morgan fingerprint density at radius 3 is 2.76 bits per heavy atom. The van der Waals surface area contributed by atoms with Gasteiger partial charge in [0.25, 0.3) is 0 Å². The van der Waals surface area contributed by atoms with E-state index in [0.717, 1.165) is 73.2 Å². The summed E-state index contributed by atoms with van der Waals surface area (Å²) < 4.78 is 22.2. The zero-order valence-corrected chi connectivity index (χ0v) is 19.4. The lowest BCUT2D eigenvalue weighted by molar-refractivity contribution is 0.00790. The molecule has 34 heavy (non-hydrogen) atoms. The highest BCUT2D eigenvalue weighted by atomic mass is 19.1. The van der Waals surface area contributed by atoms with Gasteiger partial charge in [0.2, 0.25) is 0 Å². The zero-order valence-electron chi connectivity index (χ0n) is 19.4. The number of ether oxygens (including phenoxy) is 1. The molecule has 0 unspecified atom stereocenters. The van der Waals surface area contributed by atoms with Gasteiger partial charge < -0.3 is 19.8 Å². The summed E-state index contributed by atoms with van der Waals surface area (Å²) in [4.78, 5) is 15.9. The number of aryl methyl sites for hydroxylation is 1. The maximum absolute atomic E-state index is 14.9. The molecule has 8 nitrogen and oxygen atoms in total. The van der Waals surface area contributed by atoms with Gasteiger partial charge in [0.15, 0.2) is 11.5 Å². The number of anilines is 2. The lowest BCUT2D eigenvalue weighted by atomic mass is 9.89. The first-order valence-electron chi connectivity index (χ1n) is 12.2. The highest BCUT2D eigenvalue weighted by molar-refractivity contribution is 5.92. The normalized spacial score (nSPS) is 23.3. The Kier molecular flexibility index (Phi) is 5.66. The maximum atomic E-state index is 14.9. The minimum absolute atomic E-state index is 0.334. The Balaban J connectivity index is 1.26. The van der Waals surface area contributed by atoms with E-state index < -0.39 is 0 Å². The quantitative estimate of drug-likeness (QED) is 0.613. The summed E-state index contributed by atoms with van der Waals surface area (Å²) >= 11 is 0. The summed E-state index contributed by atoms with van der Waals surface area (Å²) in [6.07, 6.45) is 11.9. The summed E-state index contributed by atoms with van der Waals surface area (Å²) in [7, 11) is 0. The van der Waals surface area contributed by atoms with Crippen molar-refractivity contribution in [2.24, 2.45) is 0 Å². The topological polar surface area (TPSA) is 79.6 Å². The van der Waals surface area contributed by atoms with Crippen molar-refractivity contribution in [1.29, 1.82) is 0 Å². The molecule has 3 aromatic rings. The number of pyridine rings is 1. The van der Waals surface area contributed by atoms with Crippen LogP contribution in [0.5, 0.6) is 0 Å². The van der Waals surface area contributed by atoms with E-state index in [1.807, 2.05) is 13.1 Å². The first kappa shape index (κ1) is 21.5. The van der Waals surface area contributed by atoms with Crippen LogP contribution < -0.4 is 10.6 Å². The Hall–Kier alpha value is -3.04. The van der Waals surface area contributed by atoms with Crippen molar-refractivity contribution in [2.75, 3.05) is 43.5 Å². The van der Waals surface area contributed by atoms with Crippen LogP contribution in [0, 0.1) is 12.7 Å². The van der Waals surface area contributed by atoms with Gasteiger partial charge in [-0.2, -0.15) is 0 Å². The Labute approximate surface area is 198 Å². The third-order valence-corrected chi connectivity index (χ3v) is 7.35. The highest BCUT2D eigenvalue weighted by Gasteiger charge is 2.29. The smallest absolute Gasteiger partial charge is 0.173 e. The van der Waals surface area contributed by atoms with Gasteiger partial charge in [-0.3, -0.25) is 4.90 Å². The average molecular weight is 464 g/mol. The maximum Gasteiger partial charge on any atom is 0.173 e. The van der Waals surface area contributed by atoms with Crippen LogP contribution >= 0.6 is 0 Å². The molecule has 1 saturated carbocycles. The monoisotopic (exact) mass is 463 g/mol. The number of fused-ring (bicyclic) bond motifs is 2. The lowest BCUT2D eigenvalue weighted by Crippen LogP contribution is -2.46. The van der Waals surface area contributed by atoms with Crippen LogP contribution in [0.1, 0.15) is 42.5 Å². The van der Waals surface area contributed by atoms with Crippen molar-refractivity contribution < 1.29 is 9.13 Å². The van der Waals surface area contributed by atoms with E-state index >= 15 is 0 Å². The second kappa shape index (κ2) is 8.96. The van der Waals surface area contributed by atoms with E-state index in [1.54, 1.807) is 23.0 Å². The highest BCUT2D eigenvalue weighted by Crippen LogP contribution is 2.37. The van der Waals surface area contributed by atoms with Gasteiger partial charge in [-0.15, -0.1) is 0 Å². The Morgan fingerprint density at radius 2 is 1.94 bits per heavy atom. The molecule has 0 spiro atoms. The van der Waals surface area contributed by atoms with Crippen LogP contribution in [0.4, 0.5) is 16.0 Å². The van der Waals surface area contributed by atoms with E-state index in [0.29, 0.717) is 24.3 Å². The van der Waals surface area contributed by atoms with Crippen molar-refractivity contribution in [1.82, 2.24) is 24.3 Å². The molecule has 0 amide bonds. The molecule has 1 aliphatic carbocycles. The molecule has 9 heteroatoms. The molecule has 5 heterocycles. The second-order valence-electron chi connectivity index (χ2n) is 9.41. The van der Waals surface area contributed by atoms with Crippen molar-refractivity contribution in [2.45, 2.75) is 44.7 Å². The van der Waals surface area contributed by atoms with Gasteiger partial charge in [0.05, 0.1) is 18.8 Å². The SMILES string of the molecule is Cc1cnc2c(F)cc(C3=CCNc4ncnc(NC5CCC(N6CCOCC6)CC5)c43)cn12. The molecule has 178 valence electrons. The van der Waals surface area contributed by atoms with Gasteiger partial charge in [-0.25, -0.2) is 19.3 Å². The third kappa shape index (κ3) is 3.92. The van der Waals surface area contributed by atoms with E-state index in [-0.39, 0.29) is 5.82 Å². The third-order valence-electron chi connectivity index (χ3n) is 7.35. The number of nitrogens with zero attached hydrogens (tertiary/aromatic N) is 5. The number of rotatable bonds is 4. The fourth-order valence-electron chi connectivity index (χ4n) is 5.53. The Morgan fingerprint density at radius 1 is 1.12 bits per heavy atom. The fraction of sp³-hybridized carbons (Fsp3) is 0.480. The van der Waals surface area contributed by atoms with E-state index in [1.165, 1.54) is 12.8 Å². The first-order valence-corrected chi connectivity index (χ1v) is 12.2. The van der Waals surface area contributed by atoms with Gasteiger partial charge in [-0.1, -0.05) is 6.08 Å². The first-order chi connectivity index (χ1) is 16.7. The largest absolute Gasteiger partial charge is 0.379 e. The van der Waals surface area contributed by atoms with Crippen LogP contribution in [0.3, 0.4) is 0 Å². The summed E-state index contributed by atoms with van der Waals surface area (Å²) in [6, 6.07) is 2.56. The number of hydrogen-bond donors (Lipinski definition) is 2.